The Labute approximate surface area is 167 Å². The lowest BCUT2D eigenvalue weighted by Crippen LogP contribution is -2.54. The highest BCUT2D eigenvalue weighted by atomic mass is 16.6. The predicted molar refractivity (Wildman–Crippen MR) is 111 cm³/mol. The van der Waals surface area contributed by atoms with Gasteiger partial charge >= 0.3 is 6.09 Å². The predicted octanol–water partition coefficient (Wildman–Crippen LogP) is 2.56. The molecule has 2 aliphatic rings. The van der Waals surface area contributed by atoms with E-state index in [1.165, 1.54) is 16.7 Å². The Hall–Kier alpha value is -2.70. The summed E-state index contributed by atoms with van der Waals surface area (Å²) >= 11 is 0. The minimum atomic E-state index is -0.463. The average molecular weight is 386 g/mol. The molecule has 1 saturated heterocycles. The molecule has 1 unspecified atom stereocenters. The highest BCUT2D eigenvalue weighted by Gasteiger charge is 2.33. The van der Waals surface area contributed by atoms with Crippen LogP contribution in [0.2, 0.25) is 0 Å². The maximum Gasteiger partial charge on any atom is 0.410 e. The van der Waals surface area contributed by atoms with E-state index in [-0.39, 0.29) is 12.1 Å². The summed E-state index contributed by atoms with van der Waals surface area (Å²) in [4.78, 5) is 18.1. The van der Waals surface area contributed by atoms with Gasteiger partial charge in [-0.15, -0.1) is 0 Å². The van der Waals surface area contributed by atoms with E-state index in [2.05, 4.69) is 53.7 Å². The first-order valence-corrected chi connectivity index (χ1v) is 9.73. The molecule has 0 aromatic heterocycles. The van der Waals surface area contributed by atoms with Crippen molar-refractivity contribution in [2.24, 2.45) is 16.6 Å². The summed E-state index contributed by atoms with van der Waals surface area (Å²) < 4.78 is 5.39. The number of hydrogen-bond donors (Lipinski definition) is 3. The van der Waals surface area contributed by atoms with Gasteiger partial charge in [0.05, 0.1) is 6.04 Å². The quantitative estimate of drug-likeness (QED) is 0.741. The summed E-state index contributed by atoms with van der Waals surface area (Å²) in [5, 5.41) is 6.60. The Morgan fingerprint density at radius 1 is 1.36 bits per heavy atom. The minimum absolute atomic E-state index is 0.0143. The fourth-order valence-electron chi connectivity index (χ4n) is 3.36. The van der Waals surface area contributed by atoms with Gasteiger partial charge in [0.25, 0.3) is 0 Å². The number of carbonyl (C=O) groups is 1. The third-order valence-corrected chi connectivity index (χ3v) is 5.03. The van der Waals surface area contributed by atoms with Crippen LogP contribution in [0.1, 0.15) is 43.5 Å². The highest BCUT2D eigenvalue weighted by molar-refractivity contribution is 5.80. The molecule has 1 fully saturated rings. The summed E-state index contributed by atoms with van der Waals surface area (Å²) in [5.74, 6) is 1.54. The molecule has 4 N–H and O–H groups in total. The van der Waals surface area contributed by atoms with Gasteiger partial charge in [0, 0.05) is 25.6 Å². The number of hydrogen-bond acceptors (Lipinski definition) is 6. The van der Waals surface area contributed by atoms with E-state index in [0.717, 1.165) is 12.4 Å². The van der Waals surface area contributed by atoms with Gasteiger partial charge in [-0.25, -0.2) is 4.79 Å². The second kappa shape index (κ2) is 7.73. The van der Waals surface area contributed by atoms with Crippen molar-refractivity contribution in [2.75, 3.05) is 19.6 Å². The monoisotopic (exact) mass is 385 g/mol. The number of aliphatic imine (C=N–C) groups is 1. The first kappa shape index (κ1) is 20.0. The van der Waals surface area contributed by atoms with Gasteiger partial charge in [-0.05, 0) is 57.4 Å². The van der Waals surface area contributed by atoms with Crippen molar-refractivity contribution < 1.29 is 9.53 Å². The molecule has 0 saturated carbocycles. The van der Waals surface area contributed by atoms with Gasteiger partial charge in [0.2, 0.25) is 0 Å². The van der Waals surface area contributed by atoms with Gasteiger partial charge in [-0.1, -0.05) is 18.2 Å². The maximum atomic E-state index is 12.0. The number of guanidine groups is 1. The molecule has 7 heteroatoms. The number of amides is 1. The second-order valence-corrected chi connectivity index (χ2v) is 8.59. The van der Waals surface area contributed by atoms with Crippen LogP contribution in [-0.4, -0.2) is 42.2 Å². The van der Waals surface area contributed by atoms with Crippen molar-refractivity contribution in [1.82, 2.24) is 15.5 Å². The van der Waals surface area contributed by atoms with Crippen LogP contribution < -0.4 is 16.4 Å². The van der Waals surface area contributed by atoms with Gasteiger partial charge in [-0.3, -0.25) is 0 Å². The van der Waals surface area contributed by atoms with Crippen LogP contribution in [0.25, 0.3) is 0 Å². The minimum Gasteiger partial charge on any atom is -0.444 e. The Morgan fingerprint density at radius 2 is 2.07 bits per heavy atom. The summed E-state index contributed by atoms with van der Waals surface area (Å²) in [7, 11) is 0. The normalized spacial score (nSPS) is 19.9. The van der Waals surface area contributed by atoms with Gasteiger partial charge in [-0.2, -0.15) is 4.99 Å². The highest BCUT2D eigenvalue weighted by Crippen LogP contribution is 2.25. The Bertz CT molecular complexity index is 804. The standard InChI is InChI=1S/C21H31N5O2/c1-13-7-6-8-16(14(13)2)17-9-18(25-19(22)24-17)23-10-15-11-26(12-15)20(27)28-21(3,4)5/h6-9,15,17,23H,10-12H2,1-5H3,(H3,22,24,25). The van der Waals surface area contributed by atoms with Crippen LogP contribution in [0.3, 0.4) is 0 Å². The molecule has 1 atom stereocenters. The average Bonchev–Trinajstić information content (AvgIpc) is 2.53. The van der Waals surface area contributed by atoms with Gasteiger partial charge < -0.3 is 26.0 Å². The molecular weight excluding hydrogens is 354 g/mol. The van der Waals surface area contributed by atoms with E-state index in [9.17, 15) is 4.79 Å². The molecular formula is C21H31N5O2. The zero-order valence-electron chi connectivity index (χ0n) is 17.4. The number of nitrogens with zero attached hydrogens (tertiary/aromatic N) is 2. The molecule has 0 aliphatic carbocycles. The van der Waals surface area contributed by atoms with Crippen molar-refractivity contribution >= 4 is 12.1 Å². The zero-order valence-corrected chi connectivity index (χ0v) is 17.4. The van der Waals surface area contributed by atoms with E-state index in [1.54, 1.807) is 4.90 Å². The molecule has 0 radical (unpaired) electrons. The van der Waals surface area contributed by atoms with E-state index >= 15 is 0 Å². The molecule has 1 aromatic carbocycles. The van der Waals surface area contributed by atoms with Gasteiger partial charge in [0.1, 0.15) is 11.4 Å². The third kappa shape index (κ3) is 4.77. The van der Waals surface area contributed by atoms with Crippen molar-refractivity contribution in [1.29, 1.82) is 0 Å². The molecule has 3 rings (SSSR count). The molecule has 0 spiro atoms. The number of benzene rings is 1. The molecule has 28 heavy (non-hydrogen) atoms. The van der Waals surface area contributed by atoms with Crippen LogP contribution >= 0.6 is 0 Å². The number of ether oxygens (including phenoxy) is 1. The maximum absolute atomic E-state index is 12.0. The smallest absolute Gasteiger partial charge is 0.410 e. The van der Waals surface area contributed by atoms with Crippen molar-refractivity contribution in [2.45, 2.75) is 46.3 Å². The number of rotatable bonds is 4. The first-order valence-electron chi connectivity index (χ1n) is 9.73. The SMILES string of the molecule is Cc1cccc(C2C=C(NCC3CN(C(=O)OC(C)(C)C)C3)N=C(N)N2)c1C. The molecule has 2 heterocycles. The topological polar surface area (TPSA) is 92.0 Å². The lowest BCUT2D eigenvalue weighted by Gasteiger charge is -2.40. The Balaban J connectivity index is 1.55. The summed E-state index contributed by atoms with van der Waals surface area (Å²) in [6.07, 6.45) is 1.81. The molecule has 2 aliphatic heterocycles. The fraction of sp³-hybridized carbons (Fsp3) is 0.524. The summed E-state index contributed by atoms with van der Waals surface area (Å²) in [5.41, 5.74) is 9.23. The molecule has 0 bridgehead atoms. The van der Waals surface area contributed by atoms with Crippen molar-refractivity contribution in [3.63, 3.8) is 0 Å². The molecule has 152 valence electrons. The number of aryl methyl sites for hydroxylation is 1. The Morgan fingerprint density at radius 3 is 2.75 bits per heavy atom. The van der Waals surface area contributed by atoms with Crippen LogP contribution in [0.4, 0.5) is 4.79 Å². The number of likely N-dealkylation sites (tertiary alicyclic amines) is 1. The molecule has 1 amide bonds. The van der Waals surface area contributed by atoms with E-state index in [0.29, 0.717) is 25.0 Å². The summed E-state index contributed by atoms with van der Waals surface area (Å²) in [6.45, 7) is 12.0. The fourth-order valence-corrected chi connectivity index (χ4v) is 3.36. The van der Waals surface area contributed by atoms with Crippen LogP contribution in [-0.2, 0) is 4.74 Å². The molecule has 7 nitrogen and oxygen atoms in total. The number of nitrogens with two attached hydrogens (primary N) is 1. The van der Waals surface area contributed by atoms with Crippen LogP contribution in [0.15, 0.2) is 35.1 Å². The third-order valence-electron chi connectivity index (χ3n) is 5.03. The van der Waals surface area contributed by atoms with Crippen LogP contribution in [0, 0.1) is 19.8 Å². The van der Waals surface area contributed by atoms with Crippen LogP contribution in [0.5, 0.6) is 0 Å². The second-order valence-electron chi connectivity index (χ2n) is 8.59. The summed E-state index contributed by atoms with van der Waals surface area (Å²) in [6, 6.07) is 6.26. The van der Waals surface area contributed by atoms with Crippen molar-refractivity contribution in [3.8, 4) is 0 Å². The molecule has 1 aromatic rings. The van der Waals surface area contributed by atoms with E-state index in [4.69, 9.17) is 10.5 Å². The van der Waals surface area contributed by atoms with E-state index in [1.807, 2.05) is 20.8 Å². The van der Waals surface area contributed by atoms with E-state index < -0.39 is 5.60 Å². The number of carbonyl (C=O) groups excluding carboxylic acids is 1. The van der Waals surface area contributed by atoms with Gasteiger partial charge in [0.15, 0.2) is 5.96 Å². The van der Waals surface area contributed by atoms with Crippen molar-refractivity contribution in [3.05, 3.63) is 46.8 Å². The zero-order chi connectivity index (χ0) is 20.5. The first-order chi connectivity index (χ1) is 13.1. The lowest BCUT2D eigenvalue weighted by molar-refractivity contribution is -0.000464. The Kier molecular flexibility index (Phi) is 5.54. The lowest BCUT2D eigenvalue weighted by atomic mass is 9.96. The largest absolute Gasteiger partial charge is 0.444 e. The number of nitrogens with one attached hydrogen (secondary N) is 2.